The molecule has 0 aliphatic heterocycles. The molecule has 1 aliphatic carbocycles. The highest BCUT2D eigenvalue weighted by Gasteiger charge is 2.61. The molecule has 41 heavy (non-hydrogen) atoms. The number of carbonyl (C=O) groups excluding carboxylic acids is 2. The Kier molecular flexibility index (Phi) is 9.82. The topological polar surface area (TPSA) is 124 Å². The molecule has 1 fully saturated rings. The summed E-state index contributed by atoms with van der Waals surface area (Å²) in [5.74, 6) is 0.545. The van der Waals surface area contributed by atoms with Crippen LogP contribution in [0, 0.1) is 5.92 Å². The zero-order valence-electron chi connectivity index (χ0n) is 24.3. The standard InChI is InChI=1S/C30H39N5O5S/c1-7-19-15-30(19,28(37)39-8-2)35-27(36)12-10-21(16-31-5)40-26-14-24(25-17-41-29(34-25)32-18(3)4)33-23-13-20(38-6)9-11-22(23)26/h7,9,11,13-14,17-19,21,31H,1,8,10,12,15-16H2,2-6H3,(H,32,34)(H,35,36)/t19?,21-,30-/m1/s1. The SMILES string of the molecule is C=CC1C[C@]1(NC(=O)CC[C@H](CNC)Oc1cc(-c2csc(NC(C)C)n2)nc2cc(OC)ccc12)C(=O)OCC. The van der Waals surface area contributed by atoms with Crippen LogP contribution in [0.5, 0.6) is 11.5 Å². The first kappa shape index (κ1) is 30.3. The van der Waals surface area contributed by atoms with Gasteiger partial charge in [-0.25, -0.2) is 14.8 Å². The van der Waals surface area contributed by atoms with Gasteiger partial charge in [0.2, 0.25) is 5.91 Å². The maximum Gasteiger partial charge on any atom is 0.332 e. The highest BCUT2D eigenvalue weighted by Crippen LogP contribution is 2.45. The van der Waals surface area contributed by atoms with Crippen molar-refractivity contribution in [3.05, 3.63) is 42.3 Å². The number of benzene rings is 1. The number of amides is 1. The minimum Gasteiger partial charge on any atom is -0.497 e. The number of likely N-dealkylation sites (N-methyl/N-ethyl adjacent to an activating group) is 1. The molecule has 2 aromatic heterocycles. The highest BCUT2D eigenvalue weighted by atomic mass is 32.1. The van der Waals surface area contributed by atoms with E-state index in [0.29, 0.717) is 42.1 Å². The molecule has 1 aliphatic rings. The van der Waals surface area contributed by atoms with Crippen molar-refractivity contribution in [1.82, 2.24) is 20.6 Å². The van der Waals surface area contributed by atoms with Crippen LogP contribution >= 0.6 is 11.3 Å². The van der Waals surface area contributed by atoms with Gasteiger partial charge in [-0.05, 0) is 52.8 Å². The molecule has 0 radical (unpaired) electrons. The molecule has 220 valence electrons. The van der Waals surface area contributed by atoms with Gasteiger partial charge in [0.25, 0.3) is 0 Å². The van der Waals surface area contributed by atoms with E-state index in [9.17, 15) is 9.59 Å². The summed E-state index contributed by atoms with van der Waals surface area (Å²) in [7, 11) is 3.45. The lowest BCUT2D eigenvalue weighted by Gasteiger charge is -2.22. The number of carbonyl (C=O) groups is 2. The van der Waals surface area contributed by atoms with Crippen LogP contribution in [-0.2, 0) is 14.3 Å². The average molecular weight is 582 g/mol. The molecule has 3 aromatic rings. The smallest absolute Gasteiger partial charge is 0.332 e. The van der Waals surface area contributed by atoms with Crippen LogP contribution in [0.15, 0.2) is 42.3 Å². The molecular weight excluding hydrogens is 542 g/mol. The minimum absolute atomic E-state index is 0.129. The maximum absolute atomic E-state index is 13.0. The van der Waals surface area contributed by atoms with E-state index < -0.39 is 11.5 Å². The molecule has 0 bridgehead atoms. The lowest BCUT2D eigenvalue weighted by molar-refractivity contribution is -0.149. The number of ether oxygens (including phenoxy) is 3. The van der Waals surface area contributed by atoms with Crippen molar-refractivity contribution in [3.63, 3.8) is 0 Å². The number of rotatable bonds is 15. The highest BCUT2D eigenvalue weighted by molar-refractivity contribution is 7.14. The van der Waals surface area contributed by atoms with Crippen LogP contribution in [-0.4, -0.2) is 66.8 Å². The van der Waals surface area contributed by atoms with E-state index in [1.54, 1.807) is 20.1 Å². The van der Waals surface area contributed by atoms with Crippen molar-refractivity contribution in [3.8, 4) is 22.9 Å². The van der Waals surface area contributed by atoms with Gasteiger partial charge in [0.05, 0.1) is 24.9 Å². The molecule has 2 heterocycles. The van der Waals surface area contributed by atoms with E-state index in [1.807, 2.05) is 36.7 Å². The van der Waals surface area contributed by atoms with Crippen LogP contribution < -0.4 is 25.4 Å². The molecule has 0 saturated heterocycles. The molecule has 4 rings (SSSR count). The van der Waals surface area contributed by atoms with Gasteiger partial charge in [0.1, 0.15) is 28.8 Å². The molecule has 10 nitrogen and oxygen atoms in total. The third-order valence-corrected chi connectivity index (χ3v) is 7.65. The Morgan fingerprint density at radius 1 is 1.24 bits per heavy atom. The third kappa shape index (κ3) is 7.15. The second-order valence-corrected chi connectivity index (χ2v) is 11.2. The van der Waals surface area contributed by atoms with E-state index in [0.717, 1.165) is 16.2 Å². The predicted molar refractivity (Wildman–Crippen MR) is 162 cm³/mol. The van der Waals surface area contributed by atoms with Gasteiger partial charge in [-0.3, -0.25) is 4.79 Å². The fraction of sp³-hybridized carbons (Fsp3) is 0.467. The van der Waals surface area contributed by atoms with Crippen LogP contribution in [0.3, 0.4) is 0 Å². The molecular formula is C30H39N5O5S. The molecule has 1 amide bonds. The number of hydrogen-bond acceptors (Lipinski definition) is 10. The van der Waals surface area contributed by atoms with Crippen molar-refractivity contribution >= 4 is 39.2 Å². The van der Waals surface area contributed by atoms with Crippen LogP contribution in [0.2, 0.25) is 0 Å². The van der Waals surface area contributed by atoms with Gasteiger partial charge in [-0.1, -0.05) is 6.08 Å². The number of esters is 1. The fourth-order valence-corrected chi connectivity index (χ4v) is 5.56. The number of pyridine rings is 1. The summed E-state index contributed by atoms with van der Waals surface area (Å²) in [5, 5.41) is 13.0. The Labute approximate surface area is 244 Å². The van der Waals surface area contributed by atoms with Gasteiger partial charge in [0, 0.05) is 47.8 Å². The minimum atomic E-state index is -1.01. The van der Waals surface area contributed by atoms with E-state index in [4.69, 9.17) is 24.2 Å². The van der Waals surface area contributed by atoms with Crippen LogP contribution in [0.25, 0.3) is 22.3 Å². The summed E-state index contributed by atoms with van der Waals surface area (Å²) in [6.07, 6.45) is 2.47. The number of anilines is 1. The molecule has 1 saturated carbocycles. The summed E-state index contributed by atoms with van der Waals surface area (Å²) in [6, 6.07) is 7.80. The average Bonchev–Trinajstić information content (AvgIpc) is 3.47. The summed E-state index contributed by atoms with van der Waals surface area (Å²) in [5.41, 5.74) is 1.11. The van der Waals surface area contributed by atoms with Gasteiger partial charge >= 0.3 is 5.97 Å². The Balaban J connectivity index is 1.55. The van der Waals surface area contributed by atoms with Crippen LogP contribution in [0.4, 0.5) is 5.13 Å². The predicted octanol–water partition coefficient (Wildman–Crippen LogP) is 4.56. The number of aromatic nitrogens is 2. The number of nitrogens with zero attached hydrogens (tertiary/aromatic N) is 2. The first-order valence-electron chi connectivity index (χ1n) is 13.9. The van der Waals surface area contributed by atoms with Gasteiger partial charge in [0.15, 0.2) is 5.13 Å². The number of fused-ring (bicyclic) bond motifs is 1. The number of nitrogens with one attached hydrogen (secondary N) is 3. The molecule has 11 heteroatoms. The number of thiazole rings is 1. The molecule has 3 N–H and O–H groups in total. The number of methoxy groups -OCH3 is 1. The van der Waals surface area contributed by atoms with Crippen molar-refractivity contribution in [1.29, 1.82) is 0 Å². The number of hydrogen-bond donors (Lipinski definition) is 3. The normalized spacial score (nSPS) is 18.5. The molecule has 1 unspecified atom stereocenters. The monoisotopic (exact) mass is 581 g/mol. The Morgan fingerprint density at radius 2 is 2.05 bits per heavy atom. The second kappa shape index (κ2) is 13.3. The summed E-state index contributed by atoms with van der Waals surface area (Å²) in [6.45, 7) is 10.4. The molecule has 0 spiro atoms. The van der Waals surface area contributed by atoms with Gasteiger partial charge in [-0.2, -0.15) is 0 Å². The summed E-state index contributed by atoms with van der Waals surface area (Å²) in [4.78, 5) is 35.1. The first-order chi connectivity index (χ1) is 19.7. The lowest BCUT2D eigenvalue weighted by atomic mass is 10.1. The lowest BCUT2D eigenvalue weighted by Crippen LogP contribution is -2.46. The van der Waals surface area contributed by atoms with Crippen molar-refractivity contribution in [2.75, 3.05) is 32.6 Å². The molecule has 1 aromatic carbocycles. The Hall–Kier alpha value is -3.70. The Morgan fingerprint density at radius 3 is 2.71 bits per heavy atom. The largest absolute Gasteiger partial charge is 0.497 e. The van der Waals surface area contributed by atoms with Crippen molar-refractivity contribution in [2.45, 2.75) is 57.7 Å². The Bertz CT molecular complexity index is 1390. The van der Waals surface area contributed by atoms with E-state index in [1.165, 1.54) is 11.3 Å². The zero-order chi connectivity index (χ0) is 29.6. The third-order valence-electron chi connectivity index (χ3n) is 6.88. The van der Waals surface area contributed by atoms with E-state index in [-0.39, 0.29) is 37.0 Å². The van der Waals surface area contributed by atoms with Gasteiger partial charge < -0.3 is 30.2 Å². The van der Waals surface area contributed by atoms with E-state index in [2.05, 4.69) is 36.4 Å². The van der Waals surface area contributed by atoms with Gasteiger partial charge in [-0.15, -0.1) is 17.9 Å². The van der Waals surface area contributed by atoms with E-state index >= 15 is 0 Å². The zero-order valence-corrected chi connectivity index (χ0v) is 25.1. The fourth-order valence-electron chi connectivity index (χ4n) is 4.71. The summed E-state index contributed by atoms with van der Waals surface area (Å²) < 4.78 is 17.2. The van der Waals surface area contributed by atoms with Crippen LogP contribution in [0.1, 0.15) is 40.0 Å². The quantitative estimate of drug-likeness (QED) is 0.175. The van der Waals surface area contributed by atoms with Crippen molar-refractivity contribution in [2.24, 2.45) is 5.92 Å². The molecule has 3 atom stereocenters. The van der Waals surface area contributed by atoms with Crippen molar-refractivity contribution < 1.29 is 23.8 Å². The maximum atomic E-state index is 13.0. The second-order valence-electron chi connectivity index (χ2n) is 10.3. The summed E-state index contributed by atoms with van der Waals surface area (Å²) >= 11 is 1.52. The first-order valence-corrected chi connectivity index (χ1v) is 14.7.